The highest BCUT2D eigenvalue weighted by Crippen LogP contribution is 2.40. The molecular formula is C22H27N3O3S. The first-order chi connectivity index (χ1) is 13.9. The van der Waals surface area contributed by atoms with Crippen molar-refractivity contribution in [1.82, 2.24) is 14.7 Å². The molecule has 4 rings (SSSR count). The van der Waals surface area contributed by atoms with Crippen LogP contribution in [0.2, 0.25) is 0 Å². The number of amides is 2. The number of aryl methyl sites for hydroxylation is 1. The van der Waals surface area contributed by atoms with Crippen LogP contribution in [0.4, 0.5) is 4.79 Å². The third kappa shape index (κ3) is 4.97. The second-order valence-electron chi connectivity index (χ2n) is 8.00. The highest BCUT2D eigenvalue weighted by atomic mass is 32.2. The third-order valence-electron chi connectivity index (χ3n) is 5.56. The zero-order valence-corrected chi connectivity index (χ0v) is 17.4. The molecule has 6 nitrogen and oxygen atoms in total. The van der Waals surface area contributed by atoms with Gasteiger partial charge in [0.05, 0.1) is 18.8 Å². The molecule has 1 N–H and O–H groups in total. The standard InChI is InChI=1S/C22H27N3O3S/c1-29(27,28)23-25-16-21(20-13-11-19(12-14-20)18-9-10-18)24(22(25)26)15-5-8-17-6-3-2-4-7-17/h2-4,6-7,11-14,18,21,23H,5,8-10,15-16H2,1H3/t21-/m0/s1. The molecule has 154 valence electrons. The highest BCUT2D eigenvalue weighted by molar-refractivity contribution is 7.88. The fourth-order valence-electron chi connectivity index (χ4n) is 3.96. The van der Waals surface area contributed by atoms with E-state index in [-0.39, 0.29) is 12.1 Å². The molecule has 7 heteroatoms. The zero-order chi connectivity index (χ0) is 20.4. The van der Waals surface area contributed by atoms with Gasteiger partial charge in [-0.05, 0) is 48.3 Å². The first kappa shape index (κ1) is 19.9. The van der Waals surface area contributed by atoms with E-state index in [1.807, 2.05) is 18.2 Å². The quantitative estimate of drug-likeness (QED) is 0.721. The van der Waals surface area contributed by atoms with Gasteiger partial charge in [-0.2, -0.15) is 0 Å². The van der Waals surface area contributed by atoms with E-state index in [4.69, 9.17) is 0 Å². The minimum atomic E-state index is -3.51. The van der Waals surface area contributed by atoms with Crippen LogP contribution in [0.1, 0.15) is 47.9 Å². The van der Waals surface area contributed by atoms with Gasteiger partial charge in [-0.25, -0.2) is 18.2 Å². The largest absolute Gasteiger partial charge is 0.335 e. The molecular weight excluding hydrogens is 386 g/mol. The molecule has 0 bridgehead atoms. The van der Waals surface area contributed by atoms with Crippen LogP contribution in [0.3, 0.4) is 0 Å². The number of hydrogen-bond donors (Lipinski definition) is 1. The summed E-state index contributed by atoms with van der Waals surface area (Å²) in [5, 5.41) is 1.22. The Morgan fingerprint density at radius 2 is 1.66 bits per heavy atom. The van der Waals surface area contributed by atoms with Crippen molar-refractivity contribution in [2.75, 3.05) is 19.3 Å². The maximum atomic E-state index is 12.9. The minimum absolute atomic E-state index is 0.166. The van der Waals surface area contributed by atoms with Crippen molar-refractivity contribution >= 4 is 16.1 Å². The van der Waals surface area contributed by atoms with Crippen LogP contribution < -0.4 is 4.83 Å². The predicted octanol–water partition coefficient (Wildman–Crippen LogP) is 3.44. The summed E-state index contributed by atoms with van der Waals surface area (Å²) >= 11 is 0. The number of hydrazine groups is 1. The van der Waals surface area contributed by atoms with Gasteiger partial charge >= 0.3 is 6.03 Å². The summed E-state index contributed by atoms with van der Waals surface area (Å²) in [5.41, 5.74) is 3.62. The lowest BCUT2D eigenvalue weighted by atomic mass is 10.0. The van der Waals surface area contributed by atoms with Gasteiger partial charge in [0, 0.05) is 6.54 Å². The van der Waals surface area contributed by atoms with Crippen molar-refractivity contribution in [1.29, 1.82) is 0 Å². The molecule has 2 aromatic rings. The van der Waals surface area contributed by atoms with Crippen molar-refractivity contribution in [2.24, 2.45) is 0 Å². The number of nitrogens with one attached hydrogen (secondary N) is 1. The summed E-state index contributed by atoms with van der Waals surface area (Å²) < 4.78 is 23.4. The predicted molar refractivity (Wildman–Crippen MR) is 113 cm³/mol. The van der Waals surface area contributed by atoms with E-state index in [0.29, 0.717) is 19.0 Å². The van der Waals surface area contributed by atoms with Gasteiger partial charge in [-0.3, -0.25) is 0 Å². The van der Waals surface area contributed by atoms with Crippen molar-refractivity contribution in [3.63, 3.8) is 0 Å². The Kier molecular flexibility index (Phi) is 5.61. The van der Waals surface area contributed by atoms with Crippen LogP contribution in [-0.2, 0) is 16.4 Å². The Labute approximate surface area is 172 Å². The molecule has 2 aromatic carbocycles. The molecule has 2 amide bonds. The van der Waals surface area contributed by atoms with E-state index in [1.54, 1.807) is 4.90 Å². The summed E-state index contributed by atoms with van der Waals surface area (Å²) in [7, 11) is -3.51. The van der Waals surface area contributed by atoms with Crippen LogP contribution in [0.25, 0.3) is 0 Å². The molecule has 0 aromatic heterocycles. The second kappa shape index (κ2) is 8.16. The van der Waals surface area contributed by atoms with Crippen LogP contribution in [0.15, 0.2) is 54.6 Å². The van der Waals surface area contributed by atoms with E-state index in [0.717, 1.165) is 24.7 Å². The van der Waals surface area contributed by atoms with E-state index in [2.05, 4.69) is 41.2 Å². The number of carbonyl (C=O) groups excluding carboxylic acids is 1. The molecule has 1 saturated carbocycles. The van der Waals surface area contributed by atoms with E-state index in [1.165, 1.54) is 29.0 Å². The summed E-state index contributed by atoms with van der Waals surface area (Å²) in [4.78, 5) is 17.1. The van der Waals surface area contributed by atoms with Gasteiger partial charge in [0.25, 0.3) is 0 Å². The average Bonchev–Trinajstić information content (AvgIpc) is 3.50. The smallest absolute Gasteiger partial charge is 0.315 e. The number of carbonyl (C=O) groups is 1. The first-order valence-electron chi connectivity index (χ1n) is 10.1. The maximum absolute atomic E-state index is 12.9. The molecule has 0 radical (unpaired) electrons. The number of nitrogens with zero attached hydrogens (tertiary/aromatic N) is 2. The minimum Gasteiger partial charge on any atom is -0.315 e. The molecule has 2 fully saturated rings. The number of hydrogen-bond acceptors (Lipinski definition) is 3. The summed E-state index contributed by atoms with van der Waals surface area (Å²) in [6.45, 7) is 0.880. The maximum Gasteiger partial charge on any atom is 0.335 e. The Bertz CT molecular complexity index is 957. The Hall–Kier alpha value is -2.38. The molecule has 1 saturated heterocycles. The Morgan fingerprint density at radius 3 is 2.28 bits per heavy atom. The lowest BCUT2D eigenvalue weighted by molar-refractivity contribution is 0.181. The van der Waals surface area contributed by atoms with Gasteiger partial charge in [0.15, 0.2) is 0 Å². The molecule has 1 aliphatic heterocycles. The average molecular weight is 414 g/mol. The molecule has 29 heavy (non-hydrogen) atoms. The molecule has 2 aliphatic rings. The van der Waals surface area contributed by atoms with Crippen LogP contribution in [0.5, 0.6) is 0 Å². The van der Waals surface area contributed by atoms with Crippen LogP contribution in [0, 0.1) is 0 Å². The second-order valence-corrected chi connectivity index (χ2v) is 9.72. The normalized spacial score (nSPS) is 19.8. The molecule has 1 heterocycles. The lowest BCUT2D eigenvalue weighted by Gasteiger charge is -2.23. The fraction of sp³-hybridized carbons (Fsp3) is 0.409. The highest BCUT2D eigenvalue weighted by Gasteiger charge is 2.39. The Morgan fingerprint density at radius 1 is 1.00 bits per heavy atom. The number of urea groups is 1. The third-order valence-corrected chi connectivity index (χ3v) is 6.11. The topological polar surface area (TPSA) is 69.7 Å². The van der Waals surface area contributed by atoms with Gasteiger partial charge in [-0.1, -0.05) is 54.6 Å². The molecule has 1 aliphatic carbocycles. The van der Waals surface area contributed by atoms with E-state index < -0.39 is 10.0 Å². The van der Waals surface area contributed by atoms with Gasteiger partial charge in [0.2, 0.25) is 10.0 Å². The van der Waals surface area contributed by atoms with Gasteiger partial charge in [-0.15, -0.1) is 4.83 Å². The van der Waals surface area contributed by atoms with Crippen LogP contribution >= 0.6 is 0 Å². The monoisotopic (exact) mass is 413 g/mol. The number of rotatable bonds is 8. The Balaban J connectivity index is 1.49. The summed E-state index contributed by atoms with van der Waals surface area (Å²) in [5.74, 6) is 0.680. The molecule has 0 spiro atoms. The number of sulfonamides is 1. The van der Waals surface area contributed by atoms with E-state index >= 15 is 0 Å². The van der Waals surface area contributed by atoms with Crippen LogP contribution in [-0.4, -0.2) is 43.7 Å². The van der Waals surface area contributed by atoms with Gasteiger partial charge in [0.1, 0.15) is 0 Å². The lowest BCUT2D eigenvalue weighted by Crippen LogP contribution is -2.44. The van der Waals surface area contributed by atoms with Crippen molar-refractivity contribution in [3.05, 3.63) is 71.3 Å². The zero-order valence-electron chi connectivity index (χ0n) is 16.6. The fourth-order valence-corrected chi connectivity index (χ4v) is 4.51. The number of benzene rings is 2. The molecule has 1 atom stereocenters. The van der Waals surface area contributed by atoms with Crippen molar-refractivity contribution < 1.29 is 13.2 Å². The van der Waals surface area contributed by atoms with Crippen molar-refractivity contribution in [2.45, 2.75) is 37.6 Å². The summed E-state index contributed by atoms with van der Waals surface area (Å²) in [6, 6.07) is 18.2. The van der Waals surface area contributed by atoms with Crippen molar-refractivity contribution in [3.8, 4) is 0 Å². The molecule has 0 unspecified atom stereocenters. The van der Waals surface area contributed by atoms with E-state index in [9.17, 15) is 13.2 Å². The first-order valence-corrected chi connectivity index (χ1v) is 12.0. The summed E-state index contributed by atoms with van der Waals surface area (Å²) in [6.07, 6.45) is 5.26. The van der Waals surface area contributed by atoms with Gasteiger partial charge < -0.3 is 4.90 Å². The SMILES string of the molecule is CS(=O)(=O)NN1C[C@@H](c2ccc(C3CC3)cc2)N(CCCc2ccccc2)C1=O.